The Hall–Kier alpha value is 0.110. The molecule has 3 atom stereocenters. The van der Waals surface area contributed by atoms with Crippen LogP contribution in [0, 0.1) is 0 Å². The Labute approximate surface area is 112 Å². The van der Waals surface area contributed by atoms with Crippen LogP contribution in [0.4, 0.5) is 0 Å². The van der Waals surface area contributed by atoms with E-state index >= 15 is 0 Å². The second kappa shape index (κ2) is 7.64. The van der Waals surface area contributed by atoms with Crippen LogP contribution in [0.2, 0.25) is 0 Å². The van der Waals surface area contributed by atoms with E-state index in [2.05, 4.69) is 15.3 Å². The minimum atomic E-state index is -0.933. The molecular weight excluding hydrogens is 289 g/mol. The molecule has 100 valence electrons. The van der Waals surface area contributed by atoms with Crippen molar-refractivity contribution in [1.82, 2.24) is 19.9 Å². The van der Waals surface area contributed by atoms with Gasteiger partial charge in [-0.25, -0.2) is 4.86 Å². The van der Waals surface area contributed by atoms with Crippen molar-refractivity contribution in [3.05, 3.63) is 30.3 Å². The molecule has 0 spiro atoms. The van der Waals surface area contributed by atoms with Crippen LogP contribution < -0.4 is 19.8 Å². The molecule has 0 amide bonds. The number of nitrogens with zero attached hydrogens (tertiary/aromatic N) is 1. The van der Waals surface area contributed by atoms with E-state index in [1.807, 2.05) is 48.7 Å². The third-order valence-corrected chi connectivity index (χ3v) is 6.00. The quantitative estimate of drug-likeness (QED) is 0.574. The van der Waals surface area contributed by atoms with Gasteiger partial charge in [-0.2, -0.15) is 0 Å². The SMILES string of the molecule is CC(C)ONN1PNPNP1Oc1ccccc1. The third kappa shape index (κ3) is 4.65. The third-order valence-electron chi connectivity index (χ3n) is 1.87. The zero-order valence-electron chi connectivity index (χ0n) is 10.2. The lowest BCUT2D eigenvalue weighted by Gasteiger charge is -2.34. The zero-order chi connectivity index (χ0) is 12.8. The normalized spacial score (nSPS) is 23.8. The Bertz CT molecular complexity index is 357. The summed E-state index contributed by atoms with van der Waals surface area (Å²) in [6.07, 6.45) is 0.118. The highest BCUT2D eigenvalue weighted by Crippen LogP contribution is 2.49. The van der Waals surface area contributed by atoms with E-state index in [1.165, 1.54) is 0 Å². The summed E-state index contributed by atoms with van der Waals surface area (Å²) in [6, 6.07) is 9.77. The standard InChI is InChI=1S/C9H17N4O2P3/c1-8(2)14-10-13-17-11-16-12-18(13)15-9-6-4-3-5-7-9/h3-8,10-12,16-17H,1-2H3. The molecule has 1 aromatic carbocycles. The average Bonchev–Trinajstić information content (AvgIpc) is 2.39. The second-order valence-electron chi connectivity index (χ2n) is 3.72. The van der Waals surface area contributed by atoms with E-state index in [0.717, 1.165) is 5.75 Å². The number of benzene rings is 1. The van der Waals surface area contributed by atoms with Crippen LogP contribution in [-0.4, -0.2) is 10.7 Å². The number of para-hydroxylation sites is 1. The average molecular weight is 306 g/mol. The first-order valence-electron chi connectivity index (χ1n) is 5.51. The van der Waals surface area contributed by atoms with E-state index in [4.69, 9.17) is 9.36 Å². The number of hydrogen-bond acceptors (Lipinski definition) is 6. The molecule has 3 N–H and O–H groups in total. The maximum absolute atomic E-state index is 5.91. The molecule has 1 aromatic rings. The minimum Gasteiger partial charge on any atom is -0.443 e. The number of nitrogens with one attached hydrogen (secondary N) is 3. The van der Waals surface area contributed by atoms with E-state index < -0.39 is 8.45 Å². The molecule has 1 aliphatic rings. The summed E-state index contributed by atoms with van der Waals surface area (Å²) in [4.78, 5) is 11.9. The molecular formula is C9H17N4O2P3. The Morgan fingerprint density at radius 1 is 1.33 bits per heavy atom. The largest absolute Gasteiger partial charge is 0.443 e. The highest BCUT2D eigenvalue weighted by atomic mass is 31.2. The number of rotatable bonds is 5. The summed E-state index contributed by atoms with van der Waals surface area (Å²) in [5.41, 5.74) is 2.92. The molecule has 0 bridgehead atoms. The lowest BCUT2D eigenvalue weighted by molar-refractivity contribution is -0.0488. The molecule has 18 heavy (non-hydrogen) atoms. The Morgan fingerprint density at radius 3 is 2.83 bits per heavy atom. The first kappa shape index (κ1) is 14.5. The number of hydrogen-bond donors (Lipinski definition) is 3. The van der Waals surface area contributed by atoms with Gasteiger partial charge in [-0.3, -0.25) is 9.70 Å². The van der Waals surface area contributed by atoms with Gasteiger partial charge < -0.3 is 4.52 Å². The van der Waals surface area contributed by atoms with Gasteiger partial charge in [-0.1, -0.05) is 18.2 Å². The summed E-state index contributed by atoms with van der Waals surface area (Å²) in [6.45, 7) is 3.95. The summed E-state index contributed by atoms with van der Waals surface area (Å²) < 4.78 is 7.83. The lowest BCUT2D eigenvalue weighted by Crippen LogP contribution is -2.36. The van der Waals surface area contributed by atoms with Crippen molar-refractivity contribution in [2.24, 2.45) is 0 Å². The molecule has 1 aliphatic heterocycles. The zero-order valence-corrected chi connectivity index (χ0v) is 13.1. The molecule has 0 aliphatic carbocycles. The van der Waals surface area contributed by atoms with Crippen molar-refractivity contribution >= 4 is 26.2 Å². The fraction of sp³-hybridized carbons (Fsp3) is 0.333. The Morgan fingerprint density at radius 2 is 2.11 bits per heavy atom. The van der Waals surface area contributed by atoms with E-state index in [-0.39, 0.29) is 6.10 Å². The smallest absolute Gasteiger partial charge is 0.271 e. The molecule has 2 rings (SSSR count). The van der Waals surface area contributed by atoms with Crippen LogP contribution >= 0.6 is 26.2 Å². The van der Waals surface area contributed by atoms with E-state index in [9.17, 15) is 0 Å². The molecule has 1 heterocycles. The monoisotopic (exact) mass is 306 g/mol. The van der Waals surface area contributed by atoms with Gasteiger partial charge in [-0.05, 0) is 26.0 Å². The molecule has 0 radical (unpaired) electrons. The van der Waals surface area contributed by atoms with E-state index in [1.54, 1.807) is 0 Å². The molecule has 1 saturated heterocycles. The summed E-state index contributed by atoms with van der Waals surface area (Å²) in [5.74, 6) is 0.851. The number of hydrazine groups is 1. The molecule has 3 unspecified atom stereocenters. The van der Waals surface area contributed by atoms with Crippen LogP contribution in [0.5, 0.6) is 5.75 Å². The lowest BCUT2D eigenvalue weighted by atomic mass is 10.3. The molecule has 9 heteroatoms. The van der Waals surface area contributed by atoms with Crippen LogP contribution in [0.3, 0.4) is 0 Å². The van der Waals surface area contributed by atoms with Crippen LogP contribution in [0.1, 0.15) is 13.8 Å². The predicted molar refractivity (Wildman–Crippen MR) is 78.1 cm³/mol. The fourth-order valence-electron chi connectivity index (χ4n) is 1.11. The first-order chi connectivity index (χ1) is 8.75. The fourth-order valence-corrected chi connectivity index (χ4v) is 5.46. The van der Waals surface area contributed by atoms with Crippen LogP contribution in [0.15, 0.2) is 30.3 Å². The van der Waals surface area contributed by atoms with Gasteiger partial charge in [0.15, 0.2) is 0 Å². The van der Waals surface area contributed by atoms with Crippen molar-refractivity contribution < 1.29 is 9.36 Å². The summed E-state index contributed by atoms with van der Waals surface area (Å²) in [5, 5.41) is 0. The molecule has 0 aromatic heterocycles. The molecule has 6 nitrogen and oxygen atoms in total. The van der Waals surface area contributed by atoms with Crippen molar-refractivity contribution in [3.8, 4) is 5.75 Å². The topological polar surface area (TPSA) is 57.8 Å². The van der Waals surface area contributed by atoms with Crippen molar-refractivity contribution in [3.63, 3.8) is 0 Å². The Kier molecular flexibility index (Phi) is 6.16. The Balaban J connectivity index is 1.91. The molecule has 1 fully saturated rings. The summed E-state index contributed by atoms with van der Waals surface area (Å²) in [7, 11) is -0.00988. The van der Waals surface area contributed by atoms with Crippen LogP contribution in [0.25, 0.3) is 0 Å². The van der Waals surface area contributed by atoms with Crippen LogP contribution in [-0.2, 0) is 4.84 Å². The van der Waals surface area contributed by atoms with Crippen molar-refractivity contribution in [2.45, 2.75) is 20.0 Å². The highest BCUT2D eigenvalue weighted by Gasteiger charge is 2.26. The van der Waals surface area contributed by atoms with Crippen molar-refractivity contribution in [1.29, 1.82) is 0 Å². The predicted octanol–water partition coefficient (Wildman–Crippen LogP) is 2.65. The van der Waals surface area contributed by atoms with Gasteiger partial charge in [-0.15, -0.1) is 10.1 Å². The maximum atomic E-state index is 5.91. The van der Waals surface area contributed by atoms with Gasteiger partial charge in [0.05, 0.1) is 15.0 Å². The van der Waals surface area contributed by atoms with Gasteiger partial charge in [0, 0.05) is 8.88 Å². The van der Waals surface area contributed by atoms with E-state index in [0.29, 0.717) is 17.8 Å². The van der Waals surface area contributed by atoms with Crippen molar-refractivity contribution in [2.75, 3.05) is 0 Å². The molecule has 0 saturated carbocycles. The maximum Gasteiger partial charge on any atom is 0.271 e. The van der Waals surface area contributed by atoms with Gasteiger partial charge in [0.1, 0.15) is 5.75 Å². The first-order valence-corrected chi connectivity index (χ1v) is 8.67. The van der Waals surface area contributed by atoms with Gasteiger partial charge >= 0.3 is 0 Å². The van der Waals surface area contributed by atoms with Gasteiger partial charge in [0.2, 0.25) is 0 Å². The van der Waals surface area contributed by atoms with Gasteiger partial charge in [0.25, 0.3) is 8.45 Å². The summed E-state index contributed by atoms with van der Waals surface area (Å²) >= 11 is 0. The minimum absolute atomic E-state index is 0.118. The second-order valence-corrected chi connectivity index (χ2v) is 8.04. The highest BCUT2D eigenvalue weighted by molar-refractivity contribution is 7.70.